The molecule has 4 heteroatoms. The lowest BCUT2D eigenvalue weighted by Crippen LogP contribution is -2.44. The molecule has 1 aliphatic rings. The van der Waals surface area contributed by atoms with Crippen molar-refractivity contribution in [3.8, 4) is 0 Å². The van der Waals surface area contributed by atoms with Gasteiger partial charge in [0, 0.05) is 25.7 Å². The highest BCUT2D eigenvalue weighted by Gasteiger charge is 2.21. The Kier molecular flexibility index (Phi) is 4.55. The number of piperidine rings is 1. The van der Waals surface area contributed by atoms with Crippen LogP contribution in [0.4, 0.5) is 0 Å². The predicted molar refractivity (Wildman–Crippen MR) is 76.2 cm³/mol. The van der Waals surface area contributed by atoms with Crippen LogP contribution >= 0.6 is 11.3 Å². The fourth-order valence-corrected chi connectivity index (χ4v) is 3.13. The summed E-state index contributed by atoms with van der Waals surface area (Å²) in [4.78, 5) is 15.3. The largest absolute Gasteiger partial charge is 0.349 e. The molecule has 2 rings (SSSR count). The number of thiophene rings is 1. The second-order valence-corrected chi connectivity index (χ2v) is 5.69. The van der Waals surface area contributed by atoms with E-state index in [1.165, 1.54) is 11.3 Å². The average molecular weight is 264 g/mol. The van der Waals surface area contributed by atoms with Gasteiger partial charge in [0.1, 0.15) is 0 Å². The van der Waals surface area contributed by atoms with E-state index in [1.807, 2.05) is 24.4 Å². The van der Waals surface area contributed by atoms with Crippen LogP contribution in [0.3, 0.4) is 0 Å². The van der Waals surface area contributed by atoms with Gasteiger partial charge >= 0.3 is 0 Å². The van der Waals surface area contributed by atoms with E-state index in [9.17, 15) is 4.79 Å². The molecule has 0 aromatic carbocycles. The van der Waals surface area contributed by atoms with E-state index in [2.05, 4.69) is 16.8 Å². The quantitative estimate of drug-likeness (QED) is 0.847. The Morgan fingerprint density at radius 2 is 2.33 bits per heavy atom. The van der Waals surface area contributed by atoms with Crippen molar-refractivity contribution in [1.82, 2.24) is 10.2 Å². The molecule has 1 saturated heterocycles. The molecule has 1 amide bonds. The maximum Gasteiger partial charge on any atom is 0.261 e. The van der Waals surface area contributed by atoms with E-state index in [0.29, 0.717) is 6.04 Å². The third-order valence-corrected chi connectivity index (χ3v) is 4.39. The fraction of sp³-hybridized carbons (Fsp3) is 0.500. The van der Waals surface area contributed by atoms with Crippen molar-refractivity contribution < 1.29 is 4.79 Å². The van der Waals surface area contributed by atoms with Gasteiger partial charge in [0.05, 0.1) is 4.88 Å². The predicted octanol–water partition coefficient (Wildman–Crippen LogP) is 2.44. The van der Waals surface area contributed by atoms with Crippen molar-refractivity contribution in [1.29, 1.82) is 0 Å². The summed E-state index contributed by atoms with van der Waals surface area (Å²) in [6.45, 7) is 8.77. The standard InChI is InChI=1S/C14H20N2OS/c1-3-7-16-8-4-12(5-9-16)15-14(17)13-11(2)6-10-18-13/h3,6,10,12H,1,4-5,7-9H2,2H3,(H,15,17). The molecule has 1 aromatic heterocycles. The first-order valence-electron chi connectivity index (χ1n) is 6.39. The molecule has 1 aromatic rings. The molecule has 3 nitrogen and oxygen atoms in total. The molecule has 0 atom stereocenters. The molecule has 0 bridgehead atoms. The first-order valence-corrected chi connectivity index (χ1v) is 7.27. The maximum atomic E-state index is 12.1. The van der Waals surface area contributed by atoms with Gasteiger partial charge < -0.3 is 5.32 Å². The molecule has 0 radical (unpaired) electrons. The lowest BCUT2D eigenvalue weighted by atomic mass is 10.0. The Hall–Kier alpha value is -1.13. The number of rotatable bonds is 4. The van der Waals surface area contributed by atoms with Gasteiger partial charge in [-0.1, -0.05) is 6.08 Å². The minimum absolute atomic E-state index is 0.0877. The summed E-state index contributed by atoms with van der Waals surface area (Å²) in [5.74, 6) is 0.0877. The van der Waals surface area contributed by atoms with E-state index < -0.39 is 0 Å². The number of amides is 1. The van der Waals surface area contributed by atoms with Crippen LogP contribution in [0, 0.1) is 6.92 Å². The first kappa shape index (κ1) is 13.3. The van der Waals surface area contributed by atoms with Gasteiger partial charge in [0.15, 0.2) is 0 Å². The Labute approximate surface area is 112 Å². The summed E-state index contributed by atoms with van der Waals surface area (Å²) in [5, 5.41) is 5.11. The van der Waals surface area contributed by atoms with Gasteiger partial charge in [-0.15, -0.1) is 17.9 Å². The van der Waals surface area contributed by atoms with Crippen molar-refractivity contribution in [3.63, 3.8) is 0 Å². The second kappa shape index (κ2) is 6.16. The zero-order valence-corrected chi connectivity index (χ0v) is 11.6. The third-order valence-electron chi connectivity index (χ3n) is 3.38. The van der Waals surface area contributed by atoms with Crippen molar-refractivity contribution in [3.05, 3.63) is 34.5 Å². The molecule has 1 N–H and O–H groups in total. The number of hydrogen-bond acceptors (Lipinski definition) is 3. The minimum atomic E-state index is 0.0877. The molecular formula is C14H20N2OS. The molecule has 0 unspecified atom stereocenters. The summed E-state index contributed by atoms with van der Waals surface area (Å²) in [6.07, 6.45) is 4.00. The SMILES string of the molecule is C=CCN1CCC(NC(=O)c2sccc2C)CC1. The van der Waals surface area contributed by atoms with Crippen LogP contribution in [0.2, 0.25) is 0 Å². The summed E-state index contributed by atoms with van der Waals surface area (Å²) < 4.78 is 0. The van der Waals surface area contributed by atoms with Gasteiger partial charge in [0.2, 0.25) is 0 Å². The number of nitrogens with zero attached hydrogens (tertiary/aromatic N) is 1. The summed E-state index contributed by atoms with van der Waals surface area (Å²) in [6, 6.07) is 2.31. The van der Waals surface area contributed by atoms with Crippen LogP contribution in [0.1, 0.15) is 28.1 Å². The van der Waals surface area contributed by atoms with E-state index in [1.54, 1.807) is 0 Å². The third kappa shape index (κ3) is 3.21. The first-order chi connectivity index (χ1) is 8.70. The normalized spacial score (nSPS) is 17.6. The molecule has 98 valence electrons. The number of hydrogen-bond donors (Lipinski definition) is 1. The van der Waals surface area contributed by atoms with Gasteiger partial charge in [-0.25, -0.2) is 0 Å². The molecular weight excluding hydrogens is 244 g/mol. The highest BCUT2D eigenvalue weighted by atomic mass is 32.1. The summed E-state index contributed by atoms with van der Waals surface area (Å²) >= 11 is 1.52. The van der Waals surface area contributed by atoms with E-state index >= 15 is 0 Å². The summed E-state index contributed by atoms with van der Waals surface area (Å²) in [5.41, 5.74) is 1.07. The minimum Gasteiger partial charge on any atom is -0.349 e. The Morgan fingerprint density at radius 3 is 2.89 bits per heavy atom. The Morgan fingerprint density at radius 1 is 1.61 bits per heavy atom. The number of nitrogens with one attached hydrogen (secondary N) is 1. The highest BCUT2D eigenvalue weighted by Crippen LogP contribution is 2.17. The van der Waals surface area contributed by atoms with Crippen LogP contribution in [-0.4, -0.2) is 36.5 Å². The van der Waals surface area contributed by atoms with Gasteiger partial charge in [0.25, 0.3) is 5.91 Å². The fourth-order valence-electron chi connectivity index (χ4n) is 2.30. The highest BCUT2D eigenvalue weighted by molar-refractivity contribution is 7.12. The monoisotopic (exact) mass is 264 g/mol. The Balaban J connectivity index is 1.83. The van der Waals surface area contributed by atoms with Crippen LogP contribution < -0.4 is 5.32 Å². The van der Waals surface area contributed by atoms with Crippen LogP contribution in [0.25, 0.3) is 0 Å². The number of aryl methyl sites for hydroxylation is 1. The molecule has 1 aliphatic heterocycles. The van der Waals surface area contributed by atoms with Gasteiger partial charge in [-0.05, 0) is 36.8 Å². The van der Waals surface area contributed by atoms with E-state index in [0.717, 1.165) is 42.9 Å². The average Bonchev–Trinajstić information content (AvgIpc) is 2.78. The molecule has 0 saturated carbocycles. The lowest BCUT2D eigenvalue weighted by Gasteiger charge is -2.31. The van der Waals surface area contributed by atoms with Crippen LogP contribution in [0.5, 0.6) is 0 Å². The molecule has 2 heterocycles. The second-order valence-electron chi connectivity index (χ2n) is 4.77. The molecule has 1 fully saturated rings. The van der Waals surface area contributed by atoms with Crippen LogP contribution in [0.15, 0.2) is 24.1 Å². The van der Waals surface area contributed by atoms with Gasteiger partial charge in [-0.3, -0.25) is 9.69 Å². The molecule has 0 aliphatic carbocycles. The lowest BCUT2D eigenvalue weighted by molar-refractivity contribution is 0.0917. The smallest absolute Gasteiger partial charge is 0.261 e. The van der Waals surface area contributed by atoms with Crippen molar-refractivity contribution >= 4 is 17.2 Å². The van der Waals surface area contributed by atoms with Gasteiger partial charge in [-0.2, -0.15) is 0 Å². The molecule has 18 heavy (non-hydrogen) atoms. The number of likely N-dealkylation sites (tertiary alicyclic amines) is 1. The Bertz CT molecular complexity index is 419. The zero-order valence-electron chi connectivity index (χ0n) is 10.8. The van der Waals surface area contributed by atoms with Crippen molar-refractivity contribution in [2.75, 3.05) is 19.6 Å². The van der Waals surface area contributed by atoms with Crippen molar-refractivity contribution in [2.24, 2.45) is 0 Å². The molecule has 0 spiro atoms. The maximum absolute atomic E-state index is 12.1. The zero-order chi connectivity index (χ0) is 13.0. The number of carbonyl (C=O) groups excluding carboxylic acids is 1. The topological polar surface area (TPSA) is 32.3 Å². The van der Waals surface area contributed by atoms with Crippen LogP contribution in [-0.2, 0) is 0 Å². The van der Waals surface area contributed by atoms with E-state index in [4.69, 9.17) is 0 Å². The number of carbonyl (C=O) groups is 1. The van der Waals surface area contributed by atoms with E-state index in [-0.39, 0.29) is 5.91 Å². The van der Waals surface area contributed by atoms with Crippen molar-refractivity contribution in [2.45, 2.75) is 25.8 Å². The summed E-state index contributed by atoms with van der Waals surface area (Å²) in [7, 11) is 0.